The molecular weight excluding hydrogens is 365 g/mol. The Morgan fingerprint density at radius 1 is 1.25 bits per heavy atom. The summed E-state index contributed by atoms with van der Waals surface area (Å²) in [7, 11) is 0. The van der Waals surface area contributed by atoms with Gasteiger partial charge in [0.2, 0.25) is 0 Å². The molecule has 1 aliphatic rings. The van der Waals surface area contributed by atoms with E-state index < -0.39 is 0 Å². The first-order chi connectivity index (χ1) is 9.18. The SMILES string of the molecule is Cc1cccc(C)c1CCN=C(N)N1CCOCC1.I. The molecule has 0 aliphatic carbocycles. The zero-order valence-corrected chi connectivity index (χ0v) is 14.6. The van der Waals surface area contributed by atoms with E-state index in [1.807, 2.05) is 0 Å². The second kappa shape index (κ2) is 8.46. The first-order valence-corrected chi connectivity index (χ1v) is 6.86. The summed E-state index contributed by atoms with van der Waals surface area (Å²) < 4.78 is 5.30. The number of nitrogens with zero attached hydrogens (tertiary/aromatic N) is 2. The fourth-order valence-electron chi connectivity index (χ4n) is 2.42. The lowest BCUT2D eigenvalue weighted by Gasteiger charge is -2.27. The molecule has 0 amide bonds. The molecule has 0 radical (unpaired) electrons. The fraction of sp³-hybridized carbons (Fsp3) is 0.533. The van der Waals surface area contributed by atoms with Crippen molar-refractivity contribution in [2.75, 3.05) is 32.8 Å². The van der Waals surface area contributed by atoms with Gasteiger partial charge in [0.25, 0.3) is 0 Å². The molecule has 1 saturated heterocycles. The summed E-state index contributed by atoms with van der Waals surface area (Å²) in [6, 6.07) is 6.40. The summed E-state index contributed by atoms with van der Waals surface area (Å²) in [4.78, 5) is 6.58. The van der Waals surface area contributed by atoms with Crippen molar-refractivity contribution in [2.45, 2.75) is 20.3 Å². The van der Waals surface area contributed by atoms with Crippen LogP contribution < -0.4 is 5.73 Å². The van der Waals surface area contributed by atoms with Gasteiger partial charge in [0.15, 0.2) is 5.96 Å². The molecule has 0 bridgehead atoms. The number of ether oxygens (including phenoxy) is 1. The Morgan fingerprint density at radius 2 is 1.85 bits per heavy atom. The molecule has 1 aromatic rings. The van der Waals surface area contributed by atoms with Gasteiger partial charge in [-0.15, -0.1) is 24.0 Å². The van der Waals surface area contributed by atoms with E-state index in [0.29, 0.717) is 5.96 Å². The first kappa shape index (κ1) is 17.2. The molecular formula is C15H24IN3O. The molecule has 1 heterocycles. The van der Waals surface area contributed by atoms with Gasteiger partial charge in [-0.1, -0.05) is 18.2 Å². The Labute approximate surface area is 138 Å². The van der Waals surface area contributed by atoms with Crippen LogP contribution in [0.15, 0.2) is 23.2 Å². The van der Waals surface area contributed by atoms with Crippen molar-refractivity contribution < 1.29 is 4.74 Å². The van der Waals surface area contributed by atoms with Crippen molar-refractivity contribution in [3.63, 3.8) is 0 Å². The van der Waals surface area contributed by atoms with Crippen molar-refractivity contribution in [1.29, 1.82) is 0 Å². The molecule has 0 aromatic heterocycles. The standard InChI is InChI=1S/C15H23N3O.HI/c1-12-4-3-5-13(2)14(12)6-7-17-15(16)18-8-10-19-11-9-18;/h3-5H,6-11H2,1-2H3,(H2,16,17);1H. The summed E-state index contributed by atoms with van der Waals surface area (Å²) in [5.41, 5.74) is 10.1. The molecule has 0 saturated carbocycles. The third kappa shape index (κ3) is 4.63. The second-order valence-corrected chi connectivity index (χ2v) is 4.96. The molecule has 1 aliphatic heterocycles. The van der Waals surface area contributed by atoms with Gasteiger partial charge in [0.05, 0.1) is 13.2 Å². The Balaban J connectivity index is 0.00000200. The number of morpholine rings is 1. The molecule has 5 heteroatoms. The van der Waals surface area contributed by atoms with E-state index >= 15 is 0 Å². The van der Waals surface area contributed by atoms with Gasteiger partial charge < -0.3 is 15.4 Å². The van der Waals surface area contributed by atoms with Gasteiger partial charge in [-0.25, -0.2) is 0 Å². The third-order valence-electron chi connectivity index (χ3n) is 3.62. The fourth-order valence-corrected chi connectivity index (χ4v) is 2.42. The van der Waals surface area contributed by atoms with E-state index in [2.05, 4.69) is 41.9 Å². The van der Waals surface area contributed by atoms with Gasteiger partial charge in [-0.3, -0.25) is 4.99 Å². The van der Waals surface area contributed by atoms with Gasteiger partial charge in [-0.2, -0.15) is 0 Å². The molecule has 20 heavy (non-hydrogen) atoms. The molecule has 2 rings (SSSR count). The van der Waals surface area contributed by atoms with E-state index in [4.69, 9.17) is 10.5 Å². The van der Waals surface area contributed by atoms with Crippen LogP contribution in [0.25, 0.3) is 0 Å². The van der Waals surface area contributed by atoms with E-state index in [1.165, 1.54) is 16.7 Å². The molecule has 112 valence electrons. The first-order valence-electron chi connectivity index (χ1n) is 6.86. The van der Waals surface area contributed by atoms with Crippen LogP contribution in [-0.2, 0) is 11.2 Å². The van der Waals surface area contributed by atoms with E-state index in [9.17, 15) is 0 Å². The molecule has 4 nitrogen and oxygen atoms in total. The van der Waals surface area contributed by atoms with E-state index in [0.717, 1.165) is 39.3 Å². The van der Waals surface area contributed by atoms with Crippen LogP contribution in [0.5, 0.6) is 0 Å². The topological polar surface area (TPSA) is 50.8 Å². The van der Waals surface area contributed by atoms with Crippen LogP contribution >= 0.6 is 24.0 Å². The summed E-state index contributed by atoms with van der Waals surface area (Å²) in [5, 5.41) is 0. The van der Waals surface area contributed by atoms with Crippen LogP contribution in [0.1, 0.15) is 16.7 Å². The van der Waals surface area contributed by atoms with E-state index in [1.54, 1.807) is 0 Å². The highest BCUT2D eigenvalue weighted by molar-refractivity contribution is 14.0. The van der Waals surface area contributed by atoms with Crippen molar-refractivity contribution in [3.05, 3.63) is 34.9 Å². The molecule has 1 fully saturated rings. The maximum atomic E-state index is 6.01. The van der Waals surface area contributed by atoms with Crippen molar-refractivity contribution in [2.24, 2.45) is 10.7 Å². The highest BCUT2D eigenvalue weighted by Gasteiger charge is 2.11. The monoisotopic (exact) mass is 389 g/mol. The number of hydrogen-bond acceptors (Lipinski definition) is 2. The molecule has 0 unspecified atom stereocenters. The van der Waals surface area contributed by atoms with Crippen LogP contribution in [0, 0.1) is 13.8 Å². The zero-order valence-electron chi connectivity index (χ0n) is 12.3. The van der Waals surface area contributed by atoms with Gasteiger partial charge in [0.1, 0.15) is 0 Å². The number of hydrogen-bond donors (Lipinski definition) is 1. The van der Waals surface area contributed by atoms with Gasteiger partial charge in [-0.05, 0) is 37.0 Å². The van der Waals surface area contributed by atoms with Crippen LogP contribution in [0.4, 0.5) is 0 Å². The van der Waals surface area contributed by atoms with Gasteiger partial charge in [0, 0.05) is 19.6 Å². The van der Waals surface area contributed by atoms with Crippen molar-refractivity contribution >= 4 is 29.9 Å². The molecule has 2 N–H and O–H groups in total. The summed E-state index contributed by atoms with van der Waals surface area (Å²) in [6.45, 7) is 8.22. The normalized spacial score (nSPS) is 15.9. The second-order valence-electron chi connectivity index (χ2n) is 4.96. The lowest BCUT2D eigenvalue weighted by Crippen LogP contribution is -2.44. The number of nitrogens with two attached hydrogens (primary N) is 1. The maximum absolute atomic E-state index is 6.01. The van der Waals surface area contributed by atoms with Crippen LogP contribution in [0.3, 0.4) is 0 Å². The minimum Gasteiger partial charge on any atom is -0.378 e. The number of aliphatic imine (C=N–C) groups is 1. The van der Waals surface area contributed by atoms with Crippen molar-refractivity contribution in [1.82, 2.24) is 4.90 Å². The van der Waals surface area contributed by atoms with Crippen molar-refractivity contribution in [3.8, 4) is 0 Å². The Hall–Kier alpha value is -0.820. The largest absolute Gasteiger partial charge is 0.378 e. The Bertz CT molecular complexity index is 436. The van der Waals surface area contributed by atoms with Crippen LogP contribution in [0.2, 0.25) is 0 Å². The Kier molecular flexibility index (Phi) is 7.29. The highest BCUT2D eigenvalue weighted by atomic mass is 127. The number of halogens is 1. The third-order valence-corrected chi connectivity index (χ3v) is 3.62. The smallest absolute Gasteiger partial charge is 0.191 e. The summed E-state index contributed by atoms with van der Waals surface area (Å²) in [5.74, 6) is 0.648. The highest BCUT2D eigenvalue weighted by Crippen LogP contribution is 2.13. The molecule has 1 aromatic carbocycles. The predicted octanol–water partition coefficient (Wildman–Crippen LogP) is 2.11. The Morgan fingerprint density at radius 3 is 2.45 bits per heavy atom. The maximum Gasteiger partial charge on any atom is 0.191 e. The minimum atomic E-state index is 0. The van der Waals surface area contributed by atoms with Crippen LogP contribution in [-0.4, -0.2) is 43.7 Å². The minimum absolute atomic E-state index is 0. The number of guanidine groups is 1. The summed E-state index contributed by atoms with van der Waals surface area (Å²) >= 11 is 0. The number of aryl methyl sites for hydroxylation is 2. The quantitative estimate of drug-likeness (QED) is 0.490. The average Bonchev–Trinajstić information content (AvgIpc) is 2.43. The average molecular weight is 389 g/mol. The number of benzene rings is 1. The lowest BCUT2D eigenvalue weighted by molar-refractivity contribution is 0.0674. The molecule has 0 spiro atoms. The van der Waals surface area contributed by atoms with E-state index in [-0.39, 0.29) is 24.0 Å². The molecule has 0 atom stereocenters. The summed E-state index contributed by atoms with van der Waals surface area (Å²) in [6.07, 6.45) is 0.948. The lowest BCUT2D eigenvalue weighted by atomic mass is 10.0. The zero-order chi connectivity index (χ0) is 13.7. The number of rotatable bonds is 3. The van der Waals surface area contributed by atoms with Gasteiger partial charge >= 0.3 is 0 Å². The predicted molar refractivity (Wildman–Crippen MR) is 93.9 cm³/mol.